The van der Waals surface area contributed by atoms with Gasteiger partial charge < -0.3 is 15.5 Å². The van der Waals surface area contributed by atoms with Crippen molar-refractivity contribution < 1.29 is 0 Å². The smallest absolute Gasteiger partial charge is 0.191 e. The molecule has 1 aliphatic heterocycles. The fourth-order valence-corrected chi connectivity index (χ4v) is 3.93. The Hall–Kier alpha value is -1.07. The molecule has 0 aliphatic carbocycles. The molecule has 1 aliphatic rings. The second-order valence-electron chi connectivity index (χ2n) is 6.49. The fourth-order valence-electron chi connectivity index (χ4n) is 3.29. The van der Waals surface area contributed by atoms with Crippen molar-refractivity contribution in [3.8, 4) is 0 Å². The molecular formula is C17H30N4S. The summed E-state index contributed by atoms with van der Waals surface area (Å²) in [6.45, 7) is 10.3. The molecule has 0 radical (unpaired) electrons. The van der Waals surface area contributed by atoms with Crippen molar-refractivity contribution >= 4 is 17.3 Å². The van der Waals surface area contributed by atoms with E-state index in [0.717, 1.165) is 30.9 Å². The van der Waals surface area contributed by atoms with Gasteiger partial charge in [0.25, 0.3) is 0 Å². The van der Waals surface area contributed by atoms with E-state index >= 15 is 0 Å². The summed E-state index contributed by atoms with van der Waals surface area (Å²) in [5.74, 6) is 2.59. The Morgan fingerprint density at radius 3 is 2.73 bits per heavy atom. The minimum atomic E-state index is 0.844. The van der Waals surface area contributed by atoms with Crippen LogP contribution in [0.5, 0.6) is 0 Å². The maximum atomic E-state index is 4.28. The standard InChI is InChI=1S/C17H30N4S/c1-14-10-15(2)13-21(12-14)8-5-7-19-17(18-3)20-11-16-6-4-9-22-16/h4,6,9,14-15H,5,7-8,10-13H2,1-3H3,(H2,18,19,20). The van der Waals surface area contributed by atoms with Gasteiger partial charge in [-0.2, -0.15) is 0 Å². The first-order valence-corrected chi connectivity index (χ1v) is 9.24. The third kappa shape index (κ3) is 5.97. The zero-order chi connectivity index (χ0) is 15.8. The number of hydrogen-bond acceptors (Lipinski definition) is 3. The number of guanidine groups is 1. The minimum Gasteiger partial charge on any atom is -0.356 e. The molecule has 0 aromatic carbocycles. The number of nitrogens with zero attached hydrogens (tertiary/aromatic N) is 2. The molecule has 2 unspecified atom stereocenters. The Labute approximate surface area is 139 Å². The largest absolute Gasteiger partial charge is 0.356 e. The molecule has 0 spiro atoms. The van der Waals surface area contributed by atoms with Crippen molar-refractivity contribution in [2.75, 3.05) is 33.2 Å². The van der Waals surface area contributed by atoms with E-state index in [0.29, 0.717) is 0 Å². The van der Waals surface area contributed by atoms with E-state index in [2.05, 4.69) is 51.9 Å². The second kappa shape index (κ2) is 9.16. The molecule has 2 atom stereocenters. The van der Waals surface area contributed by atoms with Crippen LogP contribution in [0.4, 0.5) is 0 Å². The zero-order valence-corrected chi connectivity index (χ0v) is 15.0. The molecule has 1 saturated heterocycles. The highest BCUT2D eigenvalue weighted by Gasteiger charge is 2.20. The Bertz CT molecular complexity index is 434. The first-order chi connectivity index (χ1) is 10.7. The van der Waals surface area contributed by atoms with E-state index in [-0.39, 0.29) is 0 Å². The van der Waals surface area contributed by atoms with Gasteiger partial charge in [0.05, 0.1) is 6.54 Å². The molecule has 1 aromatic heterocycles. The quantitative estimate of drug-likeness (QED) is 0.481. The third-order valence-electron chi connectivity index (χ3n) is 4.12. The van der Waals surface area contributed by atoms with E-state index in [1.165, 1.54) is 37.4 Å². The molecule has 0 bridgehead atoms. The number of thiophene rings is 1. The van der Waals surface area contributed by atoms with Crippen molar-refractivity contribution in [2.24, 2.45) is 16.8 Å². The molecule has 2 heterocycles. The van der Waals surface area contributed by atoms with Gasteiger partial charge in [0.1, 0.15) is 0 Å². The molecule has 0 amide bonds. The summed E-state index contributed by atoms with van der Waals surface area (Å²) < 4.78 is 0. The van der Waals surface area contributed by atoms with Crippen LogP contribution in [0.25, 0.3) is 0 Å². The van der Waals surface area contributed by atoms with Gasteiger partial charge in [-0.25, -0.2) is 0 Å². The van der Waals surface area contributed by atoms with Gasteiger partial charge in [-0.1, -0.05) is 19.9 Å². The van der Waals surface area contributed by atoms with Gasteiger partial charge in [-0.15, -0.1) is 11.3 Å². The van der Waals surface area contributed by atoms with E-state index < -0.39 is 0 Å². The number of nitrogens with one attached hydrogen (secondary N) is 2. The number of piperidine rings is 1. The van der Waals surface area contributed by atoms with E-state index in [1.807, 2.05) is 7.05 Å². The van der Waals surface area contributed by atoms with E-state index in [4.69, 9.17) is 0 Å². The van der Waals surface area contributed by atoms with Gasteiger partial charge in [-0.3, -0.25) is 4.99 Å². The summed E-state index contributed by atoms with van der Waals surface area (Å²) in [6.07, 6.45) is 2.55. The Balaban J connectivity index is 1.60. The zero-order valence-electron chi connectivity index (χ0n) is 14.1. The van der Waals surface area contributed by atoms with Crippen LogP contribution < -0.4 is 10.6 Å². The predicted molar refractivity (Wildman–Crippen MR) is 96.5 cm³/mol. The normalized spacial score (nSPS) is 23.5. The minimum absolute atomic E-state index is 0.844. The SMILES string of the molecule is CN=C(NCCCN1CC(C)CC(C)C1)NCc1cccs1. The Morgan fingerprint density at radius 2 is 2.09 bits per heavy atom. The van der Waals surface area contributed by atoms with E-state index in [9.17, 15) is 0 Å². The monoisotopic (exact) mass is 322 g/mol. The van der Waals surface area contributed by atoms with Gasteiger partial charge in [0, 0.05) is 31.6 Å². The van der Waals surface area contributed by atoms with E-state index in [1.54, 1.807) is 11.3 Å². The van der Waals surface area contributed by atoms with Gasteiger partial charge in [-0.05, 0) is 42.7 Å². The van der Waals surface area contributed by atoms with Crippen LogP contribution in [0, 0.1) is 11.8 Å². The molecule has 1 fully saturated rings. The first-order valence-electron chi connectivity index (χ1n) is 8.36. The lowest BCUT2D eigenvalue weighted by molar-refractivity contribution is 0.140. The molecule has 2 rings (SSSR count). The lowest BCUT2D eigenvalue weighted by Crippen LogP contribution is -2.41. The predicted octanol–water partition coefficient (Wildman–Crippen LogP) is 2.78. The highest BCUT2D eigenvalue weighted by molar-refractivity contribution is 7.09. The maximum absolute atomic E-state index is 4.28. The van der Waals surface area contributed by atoms with Crippen LogP contribution in [0.1, 0.15) is 31.6 Å². The van der Waals surface area contributed by atoms with Crippen molar-refractivity contribution in [3.63, 3.8) is 0 Å². The third-order valence-corrected chi connectivity index (χ3v) is 5.00. The Kier molecular flexibility index (Phi) is 7.19. The van der Waals surface area contributed by atoms with Crippen LogP contribution >= 0.6 is 11.3 Å². The molecule has 4 nitrogen and oxygen atoms in total. The fraction of sp³-hybridized carbons (Fsp3) is 0.706. The van der Waals surface area contributed by atoms with Crippen LogP contribution in [0.15, 0.2) is 22.5 Å². The lowest BCUT2D eigenvalue weighted by atomic mass is 9.92. The van der Waals surface area contributed by atoms with Gasteiger partial charge in [0.2, 0.25) is 0 Å². The van der Waals surface area contributed by atoms with Crippen LogP contribution in [-0.2, 0) is 6.54 Å². The summed E-state index contributed by atoms with van der Waals surface area (Å²) in [6, 6.07) is 4.22. The van der Waals surface area contributed by atoms with Crippen molar-refractivity contribution in [1.82, 2.24) is 15.5 Å². The maximum Gasteiger partial charge on any atom is 0.191 e. The summed E-state index contributed by atoms with van der Waals surface area (Å²) in [5, 5.41) is 8.88. The number of rotatable bonds is 6. The average Bonchev–Trinajstić information content (AvgIpc) is 2.99. The van der Waals surface area contributed by atoms with Crippen molar-refractivity contribution in [2.45, 2.75) is 33.2 Å². The molecule has 124 valence electrons. The number of hydrogen-bond donors (Lipinski definition) is 2. The van der Waals surface area contributed by atoms with Crippen LogP contribution in [0.2, 0.25) is 0 Å². The highest BCUT2D eigenvalue weighted by Crippen LogP contribution is 2.20. The lowest BCUT2D eigenvalue weighted by Gasteiger charge is -2.35. The number of aliphatic imine (C=N–C) groups is 1. The van der Waals surface area contributed by atoms with Gasteiger partial charge >= 0.3 is 0 Å². The summed E-state index contributed by atoms with van der Waals surface area (Å²) in [4.78, 5) is 8.23. The summed E-state index contributed by atoms with van der Waals surface area (Å²) >= 11 is 1.77. The molecule has 22 heavy (non-hydrogen) atoms. The molecule has 5 heteroatoms. The first kappa shape index (κ1) is 17.3. The van der Waals surface area contributed by atoms with Gasteiger partial charge in [0.15, 0.2) is 5.96 Å². The summed E-state index contributed by atoms with van der Waals surface area (Å²) in [7, 11) is 1.83. The molecule has 0 saturated carbocycles. The topological polar surface area (TPSA) is 39.7 Å². The molecule has 1 aromatic rings. The number of likely N-dealkylation sites (tertiary alicyclic amines) is 1. The van der Waals surface area contributed by atoms with Crippen LogP contribution in [0.3, 0.4) is 0 Å². The second-order valence-corrected chi connectivity index (χ2v) is 7.52. The molecular weight excluding hydrogens is 292 g/mol. The highest BCUT2D eigenvalue weighted by atomic mass is 32.1. The van der Waals surface area contributed by atoms with Crippen LogP contribution in [-0.4, -0.2) is 44.1 Å². The van der Waals surface area contributed by atoms with Crippen molar-refractivity contribution in [1.29, 1.82) is 0 Å². The summed E-state index contributed by atoms with van der Waals surface area (Å²) in [5.41, 5.74) is 0. The van der Waals surface area contributed by atoms with Crippen molar-refractivity contribution in [3.05, 3.63) is 22.4 Å². The Morgan fingerprint density at radius 1 is 1.32 bits per heavy atom. The molecule has 2 N–H and O–H groups in total. The average molecular weight is 323 g/mol.